The lowest BCUT2D eigenvalue weighted by Gasteiger charge is -2.31. The second kappa shape index (κ2) is 4.30. The summed E-state index contributed by atoms with van der Waals surface area (Å²) in [7, 11) is 1.78. The molecule has 0 bridgehead atoms. The minimum absolute atomic E-state index is 0.128. The number of likely N-dealkylation sites (N-methyl/N-ethyl adjacent to an activating group) is 1. The fourth-order valence-electron chi connectivity index (χ4n) is 1.27. The van der Waals surface area contributed by atoms with Crippen LogP contribution in [0, 0.1) is 5.41 Å². The molecule has 0 saturated heterocycles. The smallest absolute Gasteiger partial charge is 0.324 e. The molecule has 0 aliphatic rings. The molecule has 1 atom stereocenters. The largest absolute Gasteiger partial charge is 0.459 e. The summed E-state index contributed by atoms with van der Waals surface area (Å²) in [6.07, 6.45) is 0. The number of ether oxygens (including phenoxy) is 1. The number of carbonyl (C=O) groups excluding carboxylic acids is 1. The van der Waals surface area contributed by atoms with Crippen molar-refractivity contribution < 1.29 is 9.53 Å². The van der Waals surface area contributed by atoms with Gasteiger partial charge in [-0.1, -0.05) is 20.8 Å². The first-order valence-corrected chi connectivity index (χ1v) is 4.98. The summed E-state index contributed by atoms with van der Waals surface area (Å²) < 4.78 is 5.32. The van der Waals surface area contributed by atoms with E-state index in [0.29, 0.717) is 0 Å². The molecule has 0 rings (SSSR count). The lowest BCUT2D eigenvalue weighted by molar-refractivity contribution is -0.160. The molecule has 0 aliphatic heterocycles. The molecule has 1 N–H and O–H groups in total. The number of hydrogen-bond donors (Lipinski definition) is 1. The van der Waals surface area contributed by atoms with Gasteiger partial charge in [-0.2, -0.15) is 0 Å². The van der Waals surface area contributed by atoms with E-state index < -0.39 is 5.60 Å². The number of carbonyl (C=O) groups is 1. The van der Waals surface area contributed by atoms with E-state index in [0.717, 1.165) is 0 Å². The van der Waals surface area contributed by atoms with Crippen molar-refractivity contribution in [3.8, 4) is 0 Å². The lowest BCUT2D eigenvalue weighted by atomic mass is 9.87. The Morgan fingerprint density at radius 1 is 1.14 bits per heavy atom. The van der Waals surface area contributed by atoms with E-state index in [2.05, 4.69) is 5.32 Å². The first-order chi connectivity index (χ1) is 6.08. The highest BCUT2D eigenvalue weighted by atomic mass is 16.6. The van der Waals surface area contributed by atoms with Crippen LogP contribution >= 0.6 is 0 Å². The summed E-state index contributed by atoms with van der Waals surface area (Å²) in [6, 6.07) is -0.262. The summed E-state index contributed by atoms with van der Waals surface area (Å²) in [5, 5.41) is 2.99. The summed E-state index contributed by atoms with van der Waals surface area (Å²) in [5.74, 6) is -0.187. The van der Waals surface area contributed by atoms with Gasteiger partial charge < -0.3 is 10.1 Å². The second-order valence-corrected chi connectivity index (χ2v) is 5.62. The monoisotopic (exact) mass is 201 g/mol. The van der Waals surface area contributed by atoms with Gasteiger partial charge in [-0.15, -0.1) is 0 Å². The average molecular weight is 201 g/mol. The minimum atomic E-state index is -0.419. The van der Waals surface area contributed by atoms with E-state index >= 15 is 0 Å². The zero-order valence-electron chi connectivity index (χ0n) is 10.4. The molecule has 0 unspecified atom stereocenters. The van der Waals surface area contributed by atoms with Gasteiger partial charge in [0, 0.05) is 0 Å². The Morgan fingerprint density at radius 3 is 1.79 bits per heavy atom. The van der Waals surface area contributed by atoms with Gasteiger partial charge in [0.25, 0.3) is 0 Å². The molecule has 0 fully saturated rings. The van der Waals surface area contributed by atoms with Gasteiger partial charge in [-0.25, -0.2) is 0 Å². The maximum absolute atomic E-state index is 11.8. The zero-order chi connectivity index (χ0) is 11.6. The highest BCUT2D eigenvalue weighted by molar-refractivity contribution is 5.77. The maximum atomic E-state index is 11.8. The van der Waals surface area contributed by atoms with Gasteiger partial charge in [-0.05, 0) is 33.2 Å². The molecule has 0 aromatic heterocycles. The molecule has 14 heavy (non-hydrogen) atoms. The van der Waals surface area contributed by atoms with Crippen LogP contribution in [0.25, 0.3) is 0 Å². The molecule has 3 nitrogen and oxygen atoms in total. The molecular weight excluding hydrogens is 178 g/mol. The molecule has 0 heterocycles. The van der Waals surface area contributed by atoms with Crippen molar-refractivity contribution in [2.24, 2.45) is 5.41 Å². The van der Waals surface area contributed by atoms with Crippen molar-refractivity contribution in [2.75, 3.05) is 7.05 Å². The topological polar surface area (TPSA) is 38.3 Å². The van der Waals surface area contributed by atoms with Crippen LogP contribution in [-0.2, 0) is 9.53 Å². The molecule has 0 aromatic carbocycles. The fraction of sp³-hybridized carbons (Fsp3) is 0.909. The number of hydrogen-bond acceptors (Lipinski definition) is 3. The average Bonchev–Trinajstić information content (AvgIpc) is 1.79. The van der Waals surface area contributed by atoms with Crippen LogP contribution in [0.3, 0.4) is 0 Å². The minimum Gasteiger partial charge on any atom is -0.459 e. The predicted octanol–water partition coefficient (Wildman–Crippen LogP) is 1.96. The van der Waals surface area contributed by atoms with Gasteiger partial charge in [0.15, 0.2) is 0 Å². The molecular formula is C11H23NO2. The normalized spacial score (nSPS) is 15.1. The van der Waals surface area contributed by atoms with E-state index in [1.54, 1.807) is 7.05 Å². The number of esters is 1. The van der Waals surface area contributed by atoms with Crippen LogP contribution in [0.4, 0.5) is 0 Å². The van der Waals surface area contributed by atoms with Gasteiger partial charge in [-0.3, -0.25) is 4.79 Å². The molecule has 0 amide bonds. The first kappa shape index (κ1) is 13.4. The van der Waals surface area contributed by atoms with Crippen molar-refractivity contribution >= 4 is 5.97 Å². The van der Waals surface area contributed by atoms with Crippen LogP contribution in [-0.4, -0.2) is 24.7 Å². The Kier molecular flexibility index (Phi) is 4.13. The summed E-state index contributed by atoms with van der Waals surface area (Å²) in [4.78, 5) is 11.8. The Hall–Kier alpha value is -0.570. The summed E-state index contributed by atoms with van der Waals surface area (Å²) in [5.41, 5.74) is -0.547. The van der Waals surface area contributed by atoms with E-state index in [4.69, 9.17) is 4.74 Å². The van der Waals surface area contributed by atoms with Crippen molar-refractivity contribution in [3.05, 3.63) is 0 Å². The van der Waals surface area contributed by atoms with Crippen LogP contribution in [0.2, 0.25) is 0 Å². The van der Waals surface area contributed by atoms with Crippen molar-refractivity contribution in [3.63, 3.8) is 0 Å². The lowest BCUT2D eigenvalue weighted by Crippen LogP contribution is -2.47. The zero-order valence-corrected chi connectivity index (χ0v) is 10.4. The molecule has 0 aromatic rings. The van der Waals surface area contributed by atoms with Gasteiger partial charge in [0.1, 0.15) is 11.6 Å². The van der Waals surface area contributed by atoms with Crippen molar-refractivity contribution in [1.82, 2.24) is 5.32 Å². The Morgan fingerprint density at radius 2 is 1.57 bits per heavy atom. The van der Waals surface area contributed by atoms with Crippen molar-refractivity contribution in [2.45, 2.75) is 53.2 Å². The van der Waals surface area contributed by atoms with Gasteiger partial charge >= 0.3 is 5.97 Å². The summed E-state index contributed by atoms with van der Waals surface area (Å²) >= 11 is 0. The van der Waals surface area contributed by atoms with Crippen molar-refractivity contribution in [1.29, 1.82) is 0 Å². The molecule has 0 spiro atoms. The Bertz CT molecular complexity index is 198. The van der Waals surface area contributed by atoms with Gasteiger partial charge in [0.05, 0.1) is 0 Å². The number of rotatable bonds is 2. The van der Waals surface area contributed by atoms with Crippen LogP contribution in [0.1, 0.15) is 41.5 Å². The van der Waals surface area contributed by atoms with Gasteiger partial charge in [0.2, 0.25) is 0 Å². The SMILES string of the molecule is CN[C@@H](C(=O)OC(C)(C)C)C(C)(C)C. The van der Waals surface area contributed by atoms with E-state index in [1.165, 1.54) is 0 Å². The quantitative estimate of drug-likeness (QED) is 0.694. The second-order valence-electron chi connectivity index (χ2n) is 5.62. The highest BCUT2D eigenvalue weighted by Crippen LogP contribution is 2.21. The third-order valence-electron chi connectivity index (χ3n) is 1.80. The van der Waals surface area contributed by atoms with Crippen LogP contribution in [0.5, 0.6) is 0 Å². The van der Waals surface area contributed by atoms with Crippen LogP contribution < -0.4 is 5.32 Å². The van der Waals surface area contributed by atoms with E-state index in [-0.39, 0.29) is 17.4 Å². The maximum Gasteiger partial charge on any atom is 0.324 e. The number of nitrogens with one attached hydrogen (secondary N) is 1. The predicted molar refractivity (Wildman–Crippen MR) is 58.1 cm³/mol. The third-order valence-corrected chi connectivity index (χ3v) is 1.80. The van der Waals surface area contributed by atoms with E-state index in [1.807, 2.05) is 41.5 Å². The Balaban J connectivity index is 4.50. The Labute approximate surface area is 87.2 Å². The molecule has 0 radical (unpaired) electrons. The van der Waals surface area contributed by atoms with Crippen LogP contribution in [0.15, 0.2) is 0 Å². The summed E-state index contributed by atoms with van der Waals surface area (Å²) in [6.45, 7) is 11.7. The third kappa shape index (κ3) is 4.61. The molecule has 0 aliphatic carbocycles. The molecule has 0 saturated carbocycles. The fourth-order valence-corrected chi connectivity index (χ4v) is 1.27. The first-order valence-electron chi connectivity index (χ1n) is 4.98. The standard InChI is InChI=1S/C11H23NO2/c1-10(2,3)8(12-7)9(13)14-11(4,5)6/h8,12H,1-7H3/t8-/m0/s1. The molecule has 84 valence electrons. The molecule has 3 heteroatoms. The highest BCUT2D eigenvalue weighted by Gasteiger charge is 2.33. The van der Waals surface area contributed by atoms with E-state index in [9.17, 15) is 4.79 Å².